The van der Waals surface area contributed by atoms with E-state index < -0.39 is 0 Å². The zero-order valence-corrected chi connectivity index (χ0v) is 16.1. The monoisotopic (exact) mass is 332 g/mol. The van der Waals surface area contributed by atoms with Gasteiger partial charge in [-0.1, -0.05) is 25.5 Å². The van der Waals surface area contributed by atoms with Gasteiger partial charge in [-0.25, -0.2) is 0 Å². The van der Waals surface area contributed by atoms with E-state index in [0.717, 1.165) is 24.2 Å². The average Bonchev–Trinajstić information content (AvgIpc) is 2.91. The third-order valence-electron chi connectivity index (χ3n) is 9.05. The highest BCUT2D eigenvalue weighted by atomic mass is 16.5. The Morgan fingerprint density at radius 2 is 1.92 bits per heavy atom. The molecular formula is C22H36O2. The molecule has 0 aromatic rings. The summed E-state index contributed by atoms with van der Waals surface area (Å²) in [5.41, 5.74) is 2.50. The summed E-state index contributed by atoms with van der Waals surface area (Å²) in [5.74, 6) is 3.05. The van der Waals surface area contributed by atoms with Gasteiger partial charge in [0.05, 0.1) is 12.2 Å². The summed E-state index contributed by atoms with van der Waals surface area (Å²) in [4.78, 5) is 0. The fraction of sp³-hybridized carbons (Fsp3) is 0.909. The van der Waals surface area contributed by atoms with Crippen molar-refractivity contribution in [1.29, 1.82) is 0 Å². The number of allylic oxidation sites excluding steroid dienone is 1. The molecule has 2 heteroatoms. The van der Waals surface area contributed by atoms with Crippen molar-refractivity contribution in [2.75, 3.05) is 7.11 Å². The van der Waals surface area contributed by atoms with E-state index in [1.54, 1.807) is 5.57 Å². The van der Waals surface area contributed by atoms with Crippen molar-refractivity contribution >= 4 is 0 Å². The van der Waals surface area contributed by atoms with Crippen LogP contribution in [0.1, 0.15) is 72.1 Å². The summed E-state index contributed by atoms with van der Waals surface area (Å²) in [5, 5.41) is 10.3. The molecule has 1 N–H and O–H groups in total. The van der Waals surface area contributed by atoms with Crippen molar-refractivity contribution in [2.45, 2.75) is 84.3 Å². The van der Waals surface area contributed by atoms with Gasteiger partial charge in [-0.3, -0.25) is 0 Å². The molecule has 0 bridgehead atoms. The molecule has 3 saturated carbocycles. The number of fused-ring (bicyclic) bond motifs is 5. The molecule has 0 amide bonds. The molecule has 0 heterocycles. The minimum absolute atomic E-state index is 0.140. The minimum atomic E-state index is -0.140. The Balaban J connectivity index is 1.62. The third kappa shape index (κ3) is 2.28. The number of rotatable bonds is 2. The molecule has 4 aliphatic carbocycles. The molecule has 0 spiro atoms. The smallest absolute Gasteiger partial charge is 0.0608 e. The van der Waals surface area contributed by atoms with Crippen molar-refractivity contribution in [3.63, 3.8) is 0 Å². The van der Waals surface area contributed by atoms with E-state index in [-0.39, 0.29) is 6.10 Å². The van der Waals surface area contributed by atoms with E-state index in [1.807, 2.05) is 14.0 Å². The van der Waals surface area contributed by atoms with E-state index in [1.165, 1.54) is 44.9 Å². The Bertz CT molecular complexity index is 524. The number of aliphatic hydroxyl groups excluding tert-OH is 1. The second kappa shape index (κ2) is 5.84. The highest BCUT2D eigenvalue weighted by molar-refractivity contribution is 5.25. The summed E-state index contributed by atoms with van der Waals surface area (Å²) in [6.45, 7) is 7.09. The molecule has 8 atom stereocenters. The Morgan fingerprint density at radius 3 is 2.62 bits per heavy atom. The van der Waals surface area contributed by atoms with E-state index in [2.05, 4.69) is 19.9 Å². The lowest BCUT2D eigenvalue weighted by molar-refractivity contribution is -0.0696. The number of hydrogen-bond acceptors (Lipinski definition) is 2. The van der Waals surface area contributed by atoms with Crippen LogP contribution in [0.25, 0.3) is 0 Å². The fourth-order valence-corrected chi connectivity index (χ4v) is 7.66. The van der Waals surface area contributed by atoms with Gasteiger partial charge in [0.15, 0.2) is 0 Å². The lowest BCUT2D eigenvalue weighted by atomic mass is 9.47. The third-order valence-corrected chi connectivity index (χ3v) is 9.05. The topological polar surface area (TPSA) is 29.5 Å². The maximum Gasteiger partial charge on any atom is 0.0608 e. The first-order valence-corrected chi connectivity index (χ1v) is 10.3. The van der Waals surface area contributed by atoms with Gasteiger partial charge in [0.2, 0.25) is 0 Å². The van der Waals surface area contributed by atoms with E-state index >= 15 is 0 Å². The lowest BCUT2D eigenvalue weighted by Gasteiger charge is -2.58. The predicted molar refractivity (Wildman–Crippen MR) is 97.7 cm³/mol. The van der Waals surface area contributed by atoms with Gasteiger partial charge in [0.1, 0.15) is 0 Å². The molecule has 3 fully saturated rings. The first kappa shape index (κ1) is 17.1. The molecule has 2 nitrogen and oxygen atoms in total. The lowest BCUT2D eigenvalue weighted by Crippen LogP contribution is -2.51. The van der Waals surface area contributed by atoms with Crippen LogP contribution in [0.5, 0.6) is 0 Å². The van der Waals surface area contributed by atoms with Crippen molar-refractivity contribution in [3.05, 3.63) is 11.6 Å². The Labute approximate surface area is 148 Å². The van der Waals surface area contributed by atoms with Crippen LogP contribution in [-0.2, 0) is 4.74 Å². The number of aliphatic hydroxyl groups is 1. The van der Waals surface area contributed by atoms with Gasteiger partial charge < -0.3 is 9.84 Å². The molecule has 0 saturated heterocycles. The molecule has 136 valence electrons. The van der Waals surface area contributed by atoms with Crippen molar-refractivity contribution < 1.29 is 9.84 Å². The summed E-state index contributed by atoms with van der Waals surface area (Å²) in [6, 6.07) is 0. The molecule has 24 heavy (non-hydrogen) atoms. The Kier molecular flexibility index (Phi) is 4.16. The van der Waals surface area contributed by atoms with Crippen LogP contribution >= 0.6 is 0 Å². The van der Waals surface area contributed by atoms with Gasteiger partial charge in [0.25, 0.3) is 0 Å². The Morgan fingerprint density at radius 1 is 1.12 bits per heavy atom. The van der Waals surface area contributed by atoms with Crippen molar-refractivity contribution in [1.82, 2.24) is 0 Å². The van der Waals surface area contributed by atoms with Crippen molar-refractivity contribution in [2.24, 2.45) is 34.5 Å². The van der Waals surface area contributed by atoms with Crippen LogP contribution in [0.2, 0.25) is 0 Å². The fourth-order valence-electron chi connectivity index (χ4n) is 7.66. The van der Waals surface area contributed by atoms with Gasteiger partial charge in [-0.15, -0.1) is 0 Å². The van der Waals surface area contributed by atoms with Gasteiger partial charge in [-0.05, 0) is 92.8 Å². The van der Waals surface area contributed by atoms with Gasteiger partial charge >= 0.3 is 0 Å². The van der Waals surface area contributed by atoms with Crippen LogP contribution < -0.4 is 0 Å². The van der Waals surface area contributed by atoms with E-state index in [0.29, 0.717) is 22.9 Å². The van der Waals surface area contributed by atoms with Gasteiger partial charge in [0, 0.05) is 7.11 Å². The first-order valence-electron chi connectivity index (χ1n) is 10.3. The second-order valence-corrected chi connectivity index (χ2v) is 9.83. The molecule has 0 aliphatic heterocycles. The number of ether oxygens (including phenoxy) is 1. The van der Waals surface area contributed by atoms with Crippen molar-refractivity contribution in [3.8, 4) is 0 Å². The standard InChI is InChI=1S/C22H36O2/c1-14(23)18-7-8-19-17-6-5-15-13-16(24-4)9-11-21(15,2)20(17)10-12-22(18,19)3/h5,14,16-20,23H,6-13H2,1-4H3/t14-,16-,17-,18+,19-,20-,21-,22+/m0/s1. The zero-order valence-electron chi connectivity index (χ0n) is 16.1. The maximum atomic E-state index is 10.3. The summed E-state index contributed by atoms with van der Waals surface area (Å²) in [7, 11) is 1.88. The van der Waals surface area contributed by atoms with Crippen LogP contribution in [0.15, 0.2) is 11.6 Å². The normalized spacial score (nSPS) is 52.0. The molecule has 4 rings (SSSR count). The molecule has 0 radical (unpaired) electrons. The Hall–Kier alpha value is -0.340. The summed E-state index contributed by atoms with van der Waals surface area (Å²) >= 11 is 0. The molecule has 4 aliphatic rings. The minimum Gasteiger partial charge on any atom is -0.393 e. The molecule has 0 aromatic heterocycles. The van der Waals surface area contributed by atoms with Crippen LogP contribution in [0, 0.1) is 34.5 Å². The largest absolute Gasteiger partial charge is 0.393 e. The average molecular weight is 333 g/mol. The first-order chi connectivity index (χ1) is 11.4. The quantitative estimate of drug-likeness (QED) is 0.724. The number of methoxy groups -OCH3 is 1. The predicted octanol–water partition coefficient (Wildman–Crippen LogP) is 4.96. The van der Waals surface area contributed by atoms with E-state index in [9.17, 15) is 5.11 Å². The molecule has 0 aromatic carbocycles. The highest BCUT2D eigenvalue weighted by Crippen LogP contribution is 2.66. The zero-order chi connectivity index (χ0) is 17.1. The number of hydrogen-bond donors (Lipinski definition) is 1. The second-order valence-electron chi connectivity index (χ2n) is 9.83. The summed E-state index contributed by atoms with van der Waals surface area (Å²) < 4.78 is 5.68. The van der Waals surface area contributed by atoms with Crippen LogP contribution in [0.4, 0.5) is 0 Å². The summed E-state index contributed by atoms with van der Waals surface area (Å²) in [6.07, 6.45) is 13.2. The highest BCUT2D eigenvalue weighted by Gasteiger charge is 2.59. The SMILES string of the molecule is CO[C@H]1CC[C@@]2(C)C(=CC[C@H]3[C@@H]4CC[C@H]([C@H](C)O)[C@@]4(C)CC[C@@H]32)C1. The van der Waals surface area contributed by atoms with Gasteiger partial charge in [-0.2, -0.15) is 0 Å². The molecular weight excluding hydrogens is 296 g/mol. The molecule has 0 unspecified atom stereocenters. The van der Waals surface area contributed by atoms with E-state index in [4.69, 9.17) is 4.74 Å². The van der Waals surface area contributed by atoms with Crippen LogP contribution in [0.3, 0.4) is 0 Å². The maximum absolute atomic E-state index is 10.3. The van der Waals surface area contributed by atoms with Crippen LogP contribution in [-0.4, -0.2) is 24.4 Å².